The summed E-state index contributed by atoms with van der Waals surface area (Å²) in [5, 5.41) is 0. The second-order valence-electron chi connectivity index (χ2n) is 20.4. The molecular formula is C60H115ClN2O. The minimum Gasteiger partial charge on any atom is -1.00 e. The van der Waals surface area contributed by atoms with Crippen LogP contribution in [0.3, 0.4) is 0 Å². The number of hydrogen-bond acceptors (Lipinski definition) is 1. The molecule has 64 heavy (non-hydrogen) atoms. The van der Waals surface area contributed by atoms with E-state index in [-0.39, 0.29) is 12.4 Å². The Morgan fingerprint density at radius 2 is 0.688 bits per heavy atom. The van der Waals surface area contributed by atoms with E-state index < -0.39 is 0 Å². The number of carbonyl (C=O) groups is 1. The van der Waals surface area contributed by atoms with E-state index in [1.165, 1.54) is 244 Å². The van der Waals surface area contributed by atoms with Crippen molar-refractivity contribution in [1.29, 1.82) is 0 Å². The summed E-state index contributed by atoms with van der Waals surface area (Å²) in [5.41, 5.74) is 0. The summed E-state index contributed by atoms with van der Waals surface area (Å²) in [6.07, 6.45) is 74.4. The smallest absolute Gasteiger partial charge is 0.222 e. The maximum atomic E-state index is 13.1. The van der Waals surface area contributed by atoms with Gasteiger partial charge in [0.15, 0.2) is 0 Å². The third-order valence-electron chi connectivity index (χ3n) is 13.9. The summed E-state index contributed by atoms with van der Waals surface area (Å²) in [6.45, 7) is 8.80. The lowest BCUT2D eigenvalue weighted by molar-refractivity contribution is -0.915. The molecule has 1 amide bonds. The predicted octanol–water partition coefficient (Wildman–Crippen LogP) is 16.6. The summed E-state index contributed by atoms with van der Waals surface area (Å²) in [4.78, 5) is 15.2. The lowest BCUT2D eigenvalue weighted by Crippen LogP contribution is -3.00. The second-order valence-corrected chi connectivity index (χ2v) is 20.4. The van der Waals surface area contributed by atoms with E-state index in [0.717, 1.165) is 43.3 Å². The molecule has 3 nitrogen and oxygen atoms in total. The van der Waals surface area contributed by atoms with Crippen LogP contribution in [-0.4, -0.2) is 55.6 Å². The molecule has 0 heterocycles. The van der Waals surface area contributed by atoms with E-state index in [0.29, 0.717) is 11.9 Å². The van der Waals surface area contributed by atoms with Gasteiger partial charge in [-0.3, -0.25) is 4.79 Å². The van der Waals surface area contributed by atoms with Crippen LogP contribution in [0.4, 0.5) is 0 Å². The zero-order valence-corrected chi connectivity index (χ0v) is 45.2. The molecule has 0 aliphatic rings. The van der Waals surface area contributed by atoms with E-state index in [1.807, 2.05) is 0 Å². The second kappa shape index (κ2) is 52.6. The average molecular weight is 916 g/mol. The molecule has 0 saturated carbocycles. The molecule has 0 unspecified atom stereocenters. The zero-order chi connectivity index (χ0) is 46.0. The maximum absolute atomic E-state index is 13.1. The van der Waals surface area contributed by atoms with Crippen molar-refractivity contribution in [3.63, 3.8) is 0 Å². The van der Waals surface area contributed by atoms with Crippen molar-refractivity contribution < 1.29 is 21.7 Å². The number of halogens is 1. The molecule has 0 aromatic rings. The van der Waals surface area contributed by atoms with Gasteiger partial charge in [0.2, 0.25) is 5.91 Å². The summed E-state index contributed by atoms with van der Waals surface area (Å²) in [7, 11) is 6.99. The normalized spacial score (nSPS) is 12.3. The Bertz CT molecular complexity index is 998. The lowest BCUT2D eigenvalue weighted by atomic mass is 9.97. The molecule has 0 aromatic carbocycles. The molecule has 0 atom stereocenters. The van der Waals surface area contributed by atoms with Gasteiger partial charge in [-0.15, -0.1) is 0 Å². The molecule has 0 radical (unpaired) electrons. The Kier molecular flexibility index (Phi) is 53.3. The van der Waals surface area contributed by atoms with Gasteiger partial charge in [-0.2, -0.15) is 0 Å². The summed E-state index contributed by atoms with van der Waals surface area (Å²) in [5.74, 6) is 0.358. The van der Waals surface area contributed by atoms with Gasteiger partial charge in [-0.05, 0) is 96.3 Å². The van der Waals surface area contributed by atoms with Crippen LogP contribution in [0.2, 0.25) is 0 Å². The van der Waals surface area contributed by atoms with E-state index in [9.17, 15) is 4.79 Å². The third kappa shape index (κ3) is 47.2. The van der Waals surface area contributed by atoms with Crippen molar-refractivity contribution in [2.75, 3.05) is 34.2 Å². The molecule has 0 aliphatic carbocycles. The number of hydrogen-bond donors (Lipinski definition) is 0. The molecule has 0 saturated heterocycles. The Morgan fingerprint density at radius 1 is 0.406 bits per heavy atom. The van der Waals surface area contributed by atoms with Crippen molar-refractivity contribution in [3.05, 3.63) is 48.6 Å². The van der Waals surface area contributed by atoms with Crippen molar-refractivity contribution in [2.24, 2.45) is 0 Å². The topological polar surface area (TPSA) is 20.3 Å². The third-order valence-corrected chi connectivity index (χ3v) is 13.9. The summed E-state index contributed by atoms with van der Waals surface area (Å²) < 4.78 is 1.05. The first kappa shape index (κ1) is 64.8. The van der Waals surface area contributed by atoms with Gasteiger partial charge >= 0.3 is 0 Å². The fourth-order valence-corrected chi connectivity index (χ4v) is 9.13. The summed E-state index contributed by atoms with van der Waals surface area (Å²) >= 11 is 0. The van der Waals surface area contributed by atoms with Crippen LogP contribution in [-0.2, 0) is 4.79 Å². The molecular weight excluding hydrogens is 800 g/mol. The number of rotatable bonds is 50. The monoisotopic (exact) mass is 915 g/mol. The maximum Gasteiger partial charge on any atom is 0.222 e. The highest BCUT2D eigenvalue weighted by molar-refractivity contribution is 5.75. The van der Waals surface area contributed by atoms with Gasteiger partial charge in [0.05, 0.1) is 33.2 Å². The highest BCUT2D eigenvalue weighted by atomic mass is 35.5. The van der Waals surface area contributed by atoms with Gasteiger partial charge in [0, 0.05) is 13.5 Å². The molecule has 0 spiro atoms. The standard InChI is InChI=1S/C60H115N2O.ClH/c1-7-10-13-16-19-22-25-28-31-34-36-39-42-45-48-51-54-59(55-52-49-46-43-40-37-35-32-29-26-23-20-17-14-11-8-2)62(5,6)58-57-61(4)60(63)56-53-50-47-44-41-38-33-30-27-24-21-18-15-12-9-3;/h19-20,22-23,28-29,31-32,59H,7-18,21,24-27,30,33-58H2,1-6H3;1H/q+1;/p-1/b22-19-,23-20-,31-28-,32-29-;. The number of quaternary nitrogens is 1. The van der Waals surface area contributed by atoms with Crippen molar-refractivity contribution in [1.82, 2.24) is 4.90 Å². The molecule has 0 aromatic heterocycles. The molecule has 0 N–H and O–H groups in total. The van der Waals surface area contributed by atoms with Gasteiger partial charge < -0.3 is 21.8 Å². The summed E-state index contributed by atoms with van der Waals surface area (Å²) in [6, 6.07) is 0.695. The van der Waals surface area contributed by atoms with Crippen LogP contribution in [0.15, 0.2) is 48.6 Å². The Morgan fingerprint density at radius 3 is 1.05 bits per heavy atom. The average Bonchev–Trinajstić information content (AvgIpc) is 3.28. The molecule has 0 rings (SSSR count). The molecule has 378 valence electrons. The highest BCUT2D eigenvalue weighted by Crippen LogP contribution is 2.23. The Hall–Kier alpha value is -1.32. The quantitative estimate of drug-likeness (QED) is 0.0338. The van der Waals surface area contributed by atoms with Crippen LogP contribution < -0.4 is 12.4 Å². The van der Waals surface area contributed by atoms with E-state index in [1.54, 1.807) is 0 Å². The number of amides is 1. The first-order valence-electron chi connectivity index (χ1n) is 28.6. The molecule has 0 bridgehead atoms. The molecule has 4 heteroatoms. The first-order chi connectivity index (χ1) is 30.9. The van der Waals surface area contributed by atoms with Gasteiger partial charge in [-0.25, -0.2) is 0 Å². The van der Waals surface area contributed by atoms with Crippen LogP contribution in [0, 0.1) is 0 Å². The largest absolute Gasteiger partial charge is 1.00 e. The minimum absolute atomic E-state index is 0. The van der Waals surface area contributed by atoms with Crippen molar-refractivity contribution in [3.8, 4) is 0 Å². The van der Waals surface area contributed by atoms with Crippen LogP contribution in [0.25, 0.3) is 0 Å². The highest BCUT2D eigenvalue weighted by Gasteiger charge is 2.28. The Labute approximate surface area is 410 Å². The van der Waals surface area contributed by atoms with Gasteiger partial charge in [-0.1, -0.05) is 236 Å². The predicted molar refractivity (Wildman–Crippen MR) is 286 cm³/mol. The number of allylic oxidation sites excluding steroid dienone is 8. The minimum atomic E-state index is 0. The first-order valence-corrected chi connectivity index (χ1v) is 28.6. The van der Waals surface area contributed by atoms with E-state index in [4.69, 9.17) is 0 Å². The number of nitrogens with zero attached hydrogens (tertiary/aromatic N) is 2. The van der Waals surface area contributed by atoms with Crippen LogP contribution >= 0.6 is 0 Å². The van der Waals surface area contributed by atoms with Crippen LogP contribution in [0.5, 0.6) is 0 Å². The lowest BCUT2D eigenvalue weighted by Gasteiger charge is -2.39. The molecule has 0 aliphatic heterocycles. The fraction of sp³-hybridized carbons (Fsp3) is 0.850. The fourth-order valence-electron chi connectivity index (χ4n) is 9.13. The molecule has 0 fully saturated rings. The van der Waals surface area contributed by atoms with E-state index >= 15 is 0 Å². The Balaban J connectivity index is 0. The van der Waals surface area contributed by atoms with Crippen molar-refractivity contribution in [2.45, 2.75) is 296 Å². The van der Waals surface area contributed by atoms with Crippen LogP contribution in [0.1, 0.15) is 290 Å². The number of carbonyl (C=O) groups excluding carboxylic acids is 1. The SMILES string of the molecule is CCCCC/C=C\C/C=C\CCCCCCCCC(CCCCCCCC/C=C\C/C=C\CCCCC)[N+](C)(C)CCN(C)C(=O)CCCCCCCCCCCCCCCCC.[Cl-]. The number of likely N-dealkylation sites (N-methyl/N-ethyl adjacent to an activating group) is 2. The number of unbranched alkanes of at least 4 members (excludes halogenated alkanes) is 32. The zero-order valence-electron chi connectivity index (χ0n) is 44.5. The van der Waals surface area contributed by atoms with Gasteiger partial charge in [0.25, 0.3) is 0 Å². The van der Waals surface area contributed by atoms with E-state index in [2.05, 4.69) is 95.4 Å². The van der Waals surface area contributed by atoms with Crippen molar-refractivity contribution >= 4 is 5.91 Å². The van der Waals surface area contributed by atoms with Gasteiger partial charge in [0.1, 0.15) is 0 Å².